The van der Waals surface area contributed by atoms with Gasteiger partial charge in [0.25, 0.3) is 0 Å². The first kappa shape index (κ1) is 52.5. The first-order valence-electron chi connectivity index (χ1n) is 21.9. The fourth-order valence-corrected chi connectivity index (χ4v) is 6.40. The molecule has 0 aliphatic rings. The molecule has 0 saturated carbocycles. The van der Waals surface area contributed by atoms with Crippen LogP contribution in [-0.2, 0) is 27.9 Å². The number of phosphoric ester groups is 1. The van der Waals surface area contributed by atoms with Crippen LogP contribution < -0.4 is 0 Å². The van der Waals surface area contributed by atoms with E-state index >= 15 is 0 Å². The summed E-state index contributed by atoms with van der Waals surface area (Å²) in [6, 6.07) is 0. The van der Waals surface area contributed by atoms with Gasteiger partial charge in [-0.1, -0.05) is 146 Å². The lowest BCUT2D eigenvalue weighted by Crippen LogP contribution is -2.37. The molecule has 0 aliphatic heterocycles. The van der Waals surface area contributed by atoms with Gasteiger partial charge in [-0.15, -0.1) is 0 Å². The second kappa shape index (κ2) is 38.3. The van der Waals surface area contributed by atoms with Crippen LogP contribution in [0.5, 0.6) is 0 Å². The zero-order valence-corrected chi connectivity index (χ0v) is 36.6. The number of allylic oxidation sites excluding steroid dienone is 8. The molecule has 1 N–H and O–H groups in total. The van der Waals surface area contributed by atoms with Crippen molar-refractivity contribution in [2.45, 2.75) is 180 Å². The number of carbonyl (C=O) groups is 1. The fraction of sp³-hybridized carbons (Fsp3) is 0.800. The van der Waals surface area contributed by atoms with Gasteiger partial charge >= 0.3 is 13.8 Å². The number of ether oxygens (including phenoxy) is 2. The Labute approximate surface area is 333 Å². The lowest BCUT2D eigenvalue weighted by Gasteiger charge is -2.24. The van der Waals surface area contributed by atoms with Crippen molar-refractivity contribution in [3.05, 3.63) is 48.6 Å². The van der Waals surface area contributed by atoms with Gasteiger partial charge in [0.1, 0.15) is 19.3 Å². The first-order valence-corrected chi connectivity index (χ1v) is 23.4. The largest absolute Gasteiger partial charge is 0.472 e. The van der Waals surface area contributed by atoms with E-state index in [1.165, 1.54) is 96.3 Å². The number of nitrogens with zero attached hydrogens (tertiary/aromatic N) is 1. The van der Waals surface area contributed by atoms with Gasteiger partial charge in [0, 0.05) is 13.0 Å². The Bertz CT molecular complexity index is 1000. The Morgan fingerprint density at radius 2 is 1.04 bits per heavy atom. The standard InChI is InChI=1S/C45H84NO7P/c1-6-8-10-12-14-16-18-20-22-23-24-26-28-30-32-34-36-38-45(47)53-44(43-52-54(48,49)51-41-39-46(3,4)5)42-50-40-37-35-33-31-29-27-25-21-19-17-15-13-11-9-7-2/h13-16,19-22,44H,6-12,17-18,23-43H2,1-5H3/p+1/b15-13-,16-14-,21-19-,22-20-. The highest BCUT2D eigenvalue weighted by molar-refractivity contribution is 7.47. The van der Waals surface area contributed by atoms with Crippen LogP contribution in [0.4, 0.5) is 0 Å². The van der Waals surface area contributed by atoms with E-state index < -0.39 is 13.9 Å². The minimum atomic E-state index is -4.28. The molecule has 0 rings (SSSR count). The van der Waals surface area contributed by atoms with E-state index in [1.54, 1.807) is 0 Å². The van der Waals surface area contributed by atoms with Crippen molar-refractivity contribution >= 4 is 13.8 Å². The van der Waals surface area contributed by atoms with Crippen LogP contribution in [-0.4, -0.2) is 75.6 Å². The number of carbonyl (C=O) groups excluding carboxylic acids is 1. The Kier molecular flexibility index (Phi) is 37.2. The van der Waals surface area contributed by atoms with E-state index in [1.807, 2.05) is 21.1 Å². The molecule has 0 heterocycles. The molecule has 0 fully saturated rings. The van der Waals surface area contributed by atoms with Crippen LogP contribution in [0.2, 0.25) is 0 Å². The summed E-state index contributed by atoms with van der Waals surface area (Å²) in [5.74, 6) is -0.327. The highest BCUT2D eigenvalue weighted by Crippen LogP contribution is 2.43. The Balaban J connectivity index is 4.27. The lowest BCUT2D eigenvalue weighted by atomic mass is 10.1. The normalized spacial score (nSPS) is 14.3. The van der Waals surface area contributed by atoms with Crippen LogP contribution >= 0.6 is 7.82 Å². The number of hydrogen-bond donors (Lipinski definition) is 1. The molecule has 0 aromatic carbocycles. The van der Waals surface area contributed by atoms with Crippen molar-refractivity contribution in [1.82, 2.24) is 0 Å². The number of unbranched alkanes of at least 4 members (excludes halogenated alkanes) is 18. The summed E-state index contributed by atoms with van der Waals surface area (Å²) in [5.41, 5.74) is 0. The molecule has 316 valence electrons. The summed E-state index contributed by atoms with van der Waals surface area (Å²) in [5, 5.41) is 0. The Morgan fingerprint density at radius 3 is 1.56 bits per heavy atom. The highest BCUT2D eigenvalue weighted by atomic mass is 31.2. The Morgan fingerprint density at radius 1 is 0.574 bits per heavy atom. The molecule has 0 aromatic heterocycles. The van der Waals surface area contributed by atoms with Crippen LogP contribution in [0.1, 0.15) is 174 Å². The topological polar surface area (TPSA) is 91.3 Å². The molecule has 0 amide bonds. The zero-order chi connectivity index (χ0) is 39.9. The maximum absolute atomic E-state index is 12.7. The number of rotatable bonds is 40. The van der Waals surface area contributed by atoms with Crippen molar-refractivity contribution in [2.75, 3.05) is 54.1 Å². The zero-order valence-electron chi connectivity index (χ0n) is 35.7. The van der Waals surface area contributed by atoms with Gasteiger partial charge in [-0.2, -0.15) is 0 Å². The summed E-state index contributed by atoms with van der Waals surface area (Å²) in [6.45, 7) is 5.52. The second-order valence-electron chi connectivity index (χ2n) is 15.7. The number of quaternary nitrogens is 1. The van der Waals surface area contributed by atoms with Gasteiger partial charge in [0.15, 0.2) is 0 Å². The number of hydrogen-bond acceptors (Lipinski definition) is 6. The van der Waals surface area contributed by atoms with Crippen LogP contribution in [0, 0.1) is 0 Å². The van der Waals surface area contributed by atoms with Crippen LogP contribution in [0.15, 0.2) is 48.6 Å². The molecule has 0 radical (unpaired) electrons. The molecule has 0 saturated heterocycles. The van der Waals surface area contributed by atoms with Gasteiger partial charge in [-0.3, -0.25) is 13.8 Å². The third kappa shape index (κ3) is 41.6. The van der Waals surface area contributed by atoms with Crippen LogP contribution in [0.25, 0.3) is 0 Å². The van der Waals surface area contributed by atoms with E-state index in [9.17, 15) is 14.3 Å². The van der Waals surface area contributed by atoms with Crippen molar-refractivity contribution in [2.24, 2.45) is 0 Å². The number of likely N-dealkylation sites (N-methyl/N-ethyl adjacent to an activating group) is 1. The first-order chi connectivity index (χ1) is 26.1. The molecule has 0 bridgehead atoms. The lowest BCUT2D eigenvalue weighted by molar-refractivity contribution is -0.870. The average Bonchev–Trinajstić information content (AvgIpc) is 3.12. The average molecular weight is 783 g/mol. The second-order valence-corrected chi connectivity index (χ2v) is 17.2. The van der Waals surface area contributed by atoms with E-state index in [0.29, 0.717) is 24.1 Å². The molecule has 54 heavy (non-hydrogen) atoms. The quantitative estimate of drug-likeness (QED) is 0.0218. The minimum Gasteiger partial charge on any atom is -0.457 e. The number of phosphoric acid groups is 1. The Hall–Kier alpha value is -1.54. The summed E-state index contributed by atoms with van der Waals surface area (Å²) in [4.78, 5) is 22.9. The molecule has 9 heteroatoms. The van der Waals surface area contributed by atoms with Crippen molar-refractivity contribution < 1.29 is 37.3 Å². The van der Waals surface area contributed by atoms with E-state index in [0.717, 1.165) is 57.8 Å². The van der Waals surface area contributed by atoms with Gasteiger partial charge in [0.2, 0.25) is 0 Å². The highest BCUT2D eigenvalue weighted by Gasteiger charge is 2.26. The van der Waals surface area contributed by atoms with E-state index in [4.69, 9.17) is 18.5 Å². The summed E-state index contributed by atoms with van der Waals surface area (Å²) in [6.07, 6.45) is 45.6. The SMILES string of the molecule is CCCC/C=C\C/C=C\CCCCCCCCOCC(COP(=O)(O)OCC[N+](C)(C)C)OC(=O)CCCCCCCCC/C=C\C/C=C\CCCCC. The molecular weight excluding hydrogens is 697 g/mol. The minimum absolute atomic E-state index is 0.0832. The molecule has 0 aromatic rings. The van der Waals surface area contributed by atoms with Gasteiger partial charge < -0.3 is 18.9 Å². The molecular formula is C45H85NO7P+. The number of esters is 1. The predicted octanol–water partition coefficient (Wildman–Crippen LogP) is 12.8. The van der Waals surface area contributed by atoms with Gasteiger partial charge in [-0.05, 0) is 70.6 Å². The smallest absolute Gasteiger partial charge is 0.457 e. The van der Waals surface area contributed by atoms with Crippen molar-refractivity contribution in [1.29, 1.82) is 0 Å². The van der Waals surface area contributed by atoms with E-state index in [2.05, 4.69) is 62.5 Å². The molecule has 2 unspecified atom stereocenters. The van der Waals surface area contributed by atoms with Crippen molar-refractivity contribution in [3.8, 4) is 0 Å². The van der Waals surface area contributed by atoms with Gasteiger partial charge in [-0.25, -0.2) is 4.57 Å². The fourth-order valence-electron chi connectivity index (χ4n) is 5.66. The third-order valence-corrected chi connectivity index (χ3v) is 10.1. The maximum Gasteiger partial charge on any atom is 0.472 e. The van der Waals surface area contributed by atoms with Gasteiger partial charge in [0.05, 0.1) is 34.4 Å². The summed E-state index contributed by atoms with van der Waals surface area (Å²) < 4.78 is 35.0. The van der Waals surface area contributed by atoms with Crippen LogP contribution in [0.3, 0.4) is 0 Å². The molecule has 2 atom stereocenters. The summed E-state index contributed by atoms with van der Waals surface area (Å²) in [7, 11) is 1.65. The third-order valence-electron chi connectivity index (χ3n) is 9.11. The van der Waals surface area contributed by atoms with Crippen molar-refractivity contribution in [3.63, 3.8) is 0 Å². The predicted molar refractivity (Wildman–Crippen MR) is 229 cm³/mol. The molecule has 0 aliphatic carbocycles. The monoisotopic (exact) mass is 783 g/mol. The molecule has 8 nitrogen and oxygen atoms in total. The maximum atomic E-state index is 12.7. The summed E-state index contributed by atoms with van der Waals surface area (Å²) >= 11 is 0. The van der Waals surface area contributed by atoms with E-state index in [-0.39, 0.29) is 25.8 Å². The molecule has 0 spiro atoms.